The van der Waals surface area contributed by atoms with Crippen LogP contribution >= 0.6 is 27.3 Å². The van der Waals surface area contributed by atoms with Crippen LogP contribution in [0.4, 0.5) is 0 Å². The molecule has 0 saturated heterocycles. The summed E-state index contributed by atoms with van der Waals surface area (Å²) in [4.78, 5) is 0. The van der Waals surface area contributed by atoms with Crippen LogP contribution in [0.5, 0.6) is 0 Å². The zero-order valence-electron chi connectivity index (χ0n) is 7.60. The van der Waals surface area contributed by atoms with Gasteiger partial charge in [0.2, 0.25) is 0 Å². The van der Waals surface area contributed by atoms with Crippen molar-refractivity contribution in [1.82, 2.24) is 0 Å². The minimum absolute atomic E-state index is 0.125. The quantitative estimate of drug-likeness (QED) is 0.808. The minimum atomic E-state index is 0.125. The summed E-state index contributed by atoms with van der Waals surface area (Å²) in [5.74, 6) is 0. The Bertz CT molecular complexity index is 262. The van der Waals surface area contributed by atoms with Crippen molar-refractivity contribution in [2.24, 2.45) is 11.1 Å². The van der Waals surface area contributed by atoms with Gasteiger partial charge in [-0.25, -0.2) is 0 Å². The molecule has 1 aromatic rings. The first-order chi connectivity index (χ1) is 5.41. The zero-order chi connectivity index (χ0) is 9.35. The van der Waals surface area contributed by atoms with Gasteiger partial charge in [-0.15, -0.1) is 11.3 Å². The van der Waals surface area contributed by atoms with E-state index in [0.717, 1.165) is 3.79 Å². The Kier molecular flexibility index (Phi) is 2.97. The lowest BCUT2D eigenvalue weighted by Crippen LogP contribution is -2.25. The van der Waals surface area contributed by atoms with Gasteiger partial charge in [0.25, 0.3) is 0 Å². The summed E-state index contributed by atoms with van der Waals surface area (Å²) in [5, 5.41) is 2.11. The van der Waals surface area contributed by atoms with Crippen molar-refractivity contribution in [3.8, 4) is 0 Å². The molecular weight excluding hydrogens is 234 g/mol. The Morgan fingerprint density at radius 1 is 1.50 bits per heavy atom. The van der Waals surface area contributed by atoms with Crippen LogP contribution in [0, 0.1) is 5.41 Å². The highest BCUT2D eigenvalue weighted by molar-refractivity contribution is 9.11. The molecule has 0 spiro atoms. The first kappa shape index (κ1) is 10.2. The van der Waals surface area contributed by atoms with Gasteiger partial charge >= 0.3 is 0 Å². The van der Waals surface area contributed by atoms with Crippen molar-refractivity contribution < 1.29 is 0 Å². The van der Waals surface area contributed by atoms with E-state index in [1.54, 1.807) is 11.3 Å². The molecule has 3 heteroatoms. The summed E-state index contributed by atoms with van der Waals surface area (Å²) in [7, 11) is 0. The normalized spacial score (nSPS) is 14.8. The van der Waals surface area contributed by atoms with Crippen molar-refractivity contribution in [1.29, 1.82) is 0 Å². The van der Waals surface area contributed by atoms with E-state index in [9.17, 15) is 0 Å². The van der Waals surface area contributed by atoms with Crippen molar-refractivity contribution in [2.75, 3.05) is 0 Å². The molecule has 0 amide bonds. The minimum Gasteiger partial charge on any atom is -0.323 e. The van der Waals surface area contributed by atoms with Crippen LogP contribution in [0.15, 0.2) is 15.2 Å². The number of nitrogens with two attached hydrogens (primary N) is 1. The maximum atomic E-state index is 6.07. The van der Waals surface area contributed by atoms with E-state index in [1.165, 1.54) is 5.56 Å². The van der Waals surface area contributed by atoms with Gasteiger partial charge < -0.3 is 5.73 Å². The van der Waals surface area contributed by atoms with Gasteiger partial charge in [-0.1, -0.05) is 20.8 Å². The zero-order valence-corrected chi connectivity index (χ0v) is 10.00. The maximum Gasteiger partial charge on any atom is 0.0701 e. The number of rotatable bonds is 1. The lowest BCUT2D eigenvalue weighted by molar-refractivity contribution is 0.327. The maximum absolute atomic E-state index is 6.07. The van der Waals surface area contributed by atoms with Crippen molar-refractivity contribution in [2.45, 2.75) is 26.8 Å². The van der Waals surface area contributed by atoms with E-state index in [0.29, 0.717) is 0 Å². The molecule has 0 radical (unpaired) electrons. The summed E-state index contributed by atoms with van der Waals surface area (Å²) in [6.07, 6.45) is 0. The van der Waals surface area contributed by atoms with Crippen LogP contribution < -0.4 is 5.73 Å². The Morgan fingerprint density at radius 2 is 2.08 bits per heavy atom. The molecule has 0 aliphatic carbocycles. The molecule has 0 aliphatic heterocycles. The molecule has 1 nitrogen and oxygen atoms in total. The molecule has 1 atom stereocenters. The third-order valence-corrected chi connectivity index (χ3v) is 3.40. The number of halogens is 1. The number of hydrogen-bond acceptors (Lipinski definition) is 2. The van der Waals surface area contributed by atoms with E-state index in [1.807, 2.05) is 0 Å². The average Bonchev–Trinajstić information content (AvgIpc) is 2.32. The van der Waals surface area contributed by atoms with E-state index >= 15 is 0 Å². The molecule has 0 bridgehead atoms. The van der Waals surface area contributed by atoms with Crippen molar-refractivity contribution in [3.05, 3.63) is 20.8 Å². The van der Waals surface area contributed by atoms with Crippen LogP contribution in [0.2, 0.25) is 0 Å². The smallest absolute Gasteiger partial charge is 0.0701 e. The van der Waals surface area contributed by atoms with E-state index in [2.05, 4.69) is 48.1 Å². The van der Waals surface area contributed by atoms with Gasteiger partial charge in [-0.05, 0) is 38.4 Å². The van der Waals surface area contributed by atoms with Crippen LogP contribution in [0.3, 0.4) is 0 Å². The second kappa shape index (κ2) is 3.48. The van der Waals surface area contributed by atoms with Crippen molar-refractivity contribution >= 4 is 27.3 Å². The Morgan fingerprint density at radius 3 is 2.42 bits per heavy atom. The molecule has 0 aromatic carbocycles. The van der Waals surface area contributed by atoms with Gasteiger partial charge in [0.15, 0.2) is 0 Å². The molecule has 1 unspecified atom stereocenters. The summed E-state index contributed by atoms with van der Waals surface area (Å²) >= 11 is 5.12. The van der Waals surface area contributed by atoms with Crippen LogP contribution in [0.1, 0.15) is 32.4 Å². The molecule has 0 fully saturated rings. The molecule has 1 rings (SSSR count). The van der Waals surface area contributed by atoms with Gasteiger partial charge in [-0.3, -0.25) is 0 Å². The monoisotopic (exact) mass is 247 g/mol. The molecule has 12 heavy (non-hydrogen) atoms. The van der Waals surface area contributed by atoms with Crippen LogP contribution in [-0.4, -0.2) is 0 Å². The van der Waals surface area contributed by atoms with Gasteiger partial charge in [-0.2, -0.15) is 0 Å². The van der Waals surface area contributed by atoms with E-state index in [-0.39, 0.29) is 11.5 Å². The van der Waals surface area contributed by atoms with Gasteiger partial charge in [0, 0.05) is 6.04 Å². The first-order valence-electron chi connectivity index (χ1n) is 3.91. The lowest BCUT2D eigenvalue weighted by Gasteiger charge is -2.26. The fraction of sp³-hybridized carbons (Fsp3) is 0.556. The third kappa shape index (κ3) is 2.31. The number of hydrogen-bond donors (Lipinski definition) is 1. The second-order valence-electron chi connectivity index (χ2n) is 4.03. The Balaban J connectivity index is 2.85. The fourth-order valence-corrected chi connectivity index (χ4v) is 2.20. The van der Waals surface area contributed by atoms with E-state index in [4.69, 9.17) is 5.73 Å². The highest BCUT2D eigenvalue weighted by atomic mass is 79.9. The SMILES string of the molecule is CC(C)(C)C(N)c1csc(Br)c1. The third-order valence-electron chi connectivity index (χ3n) is 1.88. The lowest BCUT2D eigenvalue weighted by atomic mass is 9.84. The predicted octanol–water partition coefficient (Wildman–Crippen LogP) is 3.56. The van der Waals surface area contributed by atoms with Crippen molar-refractivity contribution in [3.63, 3.8) is 0 Å². The predicted molar refractivity (Wildman–Crippen MR) is 58.4 cm³/mol. The van der Waals surface area contributed by atoms with Crippen LogP contribution in [0.25, 0.3) is 0 Å². The average molecular weight is 248 g/mol. The largest absolute Gasteiger partial charge is 0.323 e. The van der Waals surface area contributed by atoms with Crippen LogP contribution in [-0.2, 0) is 0 Å². The molecular formula is C9H14BrNS. The summed E-state index contributed by atoms with van der Waals surface area (Å²) in [6.45, 7) is 6.47. The molecule has 0 saturated carbocycles. The molecule has 68 valence electrons. The Labute approximate surface area is 86.1 Å². The fourth-order valence-electron chi connectivity index (χ4n) is 0.986. The van der Waals surface area contributed by atoms with E-state index < -0.39 is 0 Å². The highest BCUT2D eigenvalue weighted by Gasteiger charge is 2.22. The summed E-state index contributed by atoms with van der Waals surface area (Å²) in [5.41, 5.74) is 7.43. The molecule has 0 aliphatic rings. The second-order valence-corrected chi connectivity index (χ2v) is 6.32. The summed E-state index contributed by atoms with van der Waals surface area (Å²) < 4.78 is 1.15. The van der Waals surface area contributed by atoms with Gasteiger partial charge in [0.1, 0.15) is 0 Å². The number of thiophene rings is 1. The summed E-state index contributed by atoms with van der Waals surface area (Å²) in [6, 6.07) is 2.22. The molecule has 2 N–H and O–H groups in total. The standard InChI is InChI=1S/C9H14BrNS/c1-9(2,3)8(11)6-4-7(10)12-5-6/h4-5,8H,11H2,1-3H3. The molecule has 1 heterocycles. The highest BCUT2D eigenvalue weighted by Crippen LogP contribution is 2.34. The Hall–Kier alpha value is 0.140. The molecule has 1 aromatic heterocycles. The van der Waals surface area contributed by atoms with Gasteiger partial charge in [0.05, 0.1) is 3.79 Å². The first-order valence-corrected chi connectivity index (χ1v) is 5.58. The topological polar surface area (TPSA) is 26.0 Å².